The second kappa shape index (κ2) is 8.08. The molecular formula is C19H21N3O6S. The van der Waals surface area contributed by atoms with Gasteiger partial charge in [0, 0.05) is 22.7 Å². The number of anilines is 2. The van der Waals surface area contributed by atoms with Crippen LogP contribution in [0.3, 0.4) is 0 Å². The van der Waals surface area contributed by atoms with E-state index in [1.807, 2.05) is 6.92 Å². The minimum atomic E-state index is -3.91. The maximum Gasteiger partial charge on any atom is 0.262 e. The molecule has 2 aromatic carbocycles. The van der Waals surface area contributed by atoms with Gasteiger partial charge >= 0.3 is 0 Å². The summed E-state index contributed by atoms with van der Waals surface area (Å²) in [4.78, 5) is 22.4. The maximum absolute atomic E-state index is 12.8. The van der Waals surface area contributed by atoms with Gasteiger partial charge in [0.1, 0.15) is 11.7 Å². The predicted octanol–water partition coefficient (Wildman–Crippen LogP) is 2.80. The number of nitrogens with one attached hydrogen (secondary N) is 2. The smallest absolute Gasteiger partial charge is 0.262 e. The van der Waals surface area contributed by atoms with Crippen LogP contribution in [0.15, 0.2) is 47.4 Å². The number of amides is 1. The van der Waals surface area contributed by atoms with Crippen LogP contribution in [0.4, 0.5) is 11.4 Å². The fourth-order valence-electron chi connectivity index (χ4n) is 2.89. The second-order valence-corrected chi connectivity index (χ2v) is 8.38. The molecular weight excluding hydrogens is 398 g/mol. The van der Waals surface area contributed by atoms with Crippen LogP contribution in [0.2, 0.25) is 0 Å². The van der Waals surface area contributed by atoms with Crippen LogP contribution >= 0.6 is 0 Å². The summed E-state index contributed by atoms with van der Waals surface area (Å²) in [6.07, 6.45) is 0.190. The Morgan fingerprint density at radius 2 is 1.86 bits per heavy atom. The van der Waals surface area contributed by atoms with Crippen molar-refractivity contribution in [1.82, 2.24) is 0 Å². The highest BCUT2D eigenvalue weighted by molar-refractivity contribution is 7.92. The summed E-state index contributed by atoms with van der Waals surface area (Å²) in [5.74, 6) is -0.545. The molecule has 2 aromatic rings. The average molecular weight is 419 g/mol. The van der Waals surface area contributed by atoms with Crippen molar-refractivity contribution < 1.29 is 22.9 Å². The molecule has 1 aliphatic carbocycles. The molecule has 0 spiro atoms. The topological polar surface area (TPSA) is 128 Å². The van der Waals surface area contributed by atoms with Crippen LogP contribution in [0, 0.1) is 23.0 Å². The second-order valence-electron chi connectivity index (χ2n) is 6.73. The highest BCUT2D eigenvalue weighted by Gasteiger charge is 2.53. The molecule has 9 nitrogen and oxygen atoms in total. The fraction of sp³-hybridized carbons (Fsp3) is 0.316. The summed E-state index contributed by atoms with van der Waals surface area (Å²) in [7, 11) is -3.91. The van der Waals surface area contributed by atoms with Crippen LogP contribution in [-0.4, -0.2) is 31.9 Å². The lowest BCUT2D eigenvalue weighted by atomic mass is 10.2. The van der Waals surface area contributed by atoms with Gasteiger partial charge in [-0.1, -0.05) is 6.07 Å². The molecule has 29 heavy (non-hydrogen) atoms. The molecule has 154 valence electrons. The highest BCUT2D eigenvalue weighted by Crippen LogP contribution is 2.34. The van der Waals surface area contributed by atoms with Crippen LogP contribution < -0.4 is 14.8 Å². The van der Waals surface area contributed by atoms with Gasteiger partial charge in [0.25, 0.3) is 10.0 Å². The Bertz CT molecular complexity index is 1040. The van der Waals surface area contributed by atoms with E-state index in [0.29, 0.717) is 23.6 Å². The Morgan fingerprint density at radius 3 is 2.45 bits per heavy atom. The summed E-state index contributed by atoms with van der Waals surface area (Å²) >= 11 is 0. The molecule has 1 saturated carbocycles. The molecule has 0 radical (unpaired) electrons. The minimum absolute atomic E-state index is 0.00538. The first-order valence-electron chi connectivity index (χ1n) is 9.02. The number of nitrogens with zero attached hydrogens (tertiary/aromatic N) is 1. The number of sulfonamides is 1. The summed E-state index contributed by atoms with van der Waals surface area (Å²) < 4.78 is 33.5. The van der Waals surface area contributed by atoms with Crippen LogP contribution in [0.25, 0.3) is 0 Å². The highest BCUT2D eigenvalue weighted by atomic mass is 32.2. The molecule has 2 atom stereocenters. The van der Waals surface area contributed by atoms with Crippen molar-refractivity contribution in [1.29, 1.82) is 0 Å². The monoisotopic (exact) mass is 419 g/mol. The number of carbonyl (C=O) groups is 1. The normalized spacial score (nSPS) is 18.0. The van der Waals surface area contributed by atoms with Gasteiger partial charge in [0.15, 0.2) is 0 Å². The first-order chi connectivity index (χ1) is 13.7. The van der Waals surface area contributed by atoms with Gasteiger partial charge in [-0.15, -0.1) is 0 Å². The zero-order valence-corrected chi connectivity index (χ0v) is 16.7. The maximum atomic E-state index is 12.8. The van der Waals surface area contributed by atoms with Gasteiger partial charge in [0.05, 0.1) is 11.5 Å². The first kappa shape index (κ1) is 20.6. The Balaban J connectivity index is 1.75. The Labute approximate surface area is 168 Å². The molecule has 0 unspecified atom stereocenters. The van der Waals surface area contributed by atoms with Gasteiger partial charge in [-0.2, -0.15) is 0 Å². The van der Waals surface area contributed by atoms with Crippen molar-refractivity contribution in [2.75, 3.05) is 16.6 Å². The minimum Gasteiger partial charge on any atom is -0.494 e. The lowest BCUT2D eigenvalue weighted by molar-refractivity contribution is -0.497. The van der Waals surface area contributed by atoms with Crippen molar-refractivity contribution >= 4 is 27.3 Å². The lowest BCUT2D eigenvalue weighted by Gasteiger charge is -2.13. The summed E-state index contributed by atoms with van der Waals surface area (Å²) in [5.41, 5.74) is 1.13. The molecule has 0 bridgehead atoms. The van der Waals surface area contributed by atoms with Crippen molar-refractivity contribution in [2.45, 2.75) is 31.2 Å². The Hall–Kier alpha value is -3.14. The Morgan fingerprint density at radius 1 is 1.21 bits per heavy atom. The van der Waals surface area contributed by atoms with Gasteiger partial charge in [0.2, 0.25) is 11.9 Å². The number of aryl methyl sites for hydroxylation is 1. The largest absolute Gasteiger partial charge is 0.494 e. The van der Waals surface area contributed by atoms with Gasteiger partial charge < -0.3 is 10.1 Å². The van der Waals surface area contributed by atoms with E-state index >= 15 is 0 Å². The number of carbonyl (C=O) groups excluding carboxylic acids is 1. The number of ether oxygens (including phenoxy) is 1. The number of benzene rings is 2. The standard InChI is InChI=1S/C19H21N3O6S/c1-3-28-15-8-6-13(7-9-15)21-29(26,27)18-10-14(5-4-12(18)2)20-19(23)16-11-17(16)22(24)25/h4-10,16-17,21H,3,11H2,1-2H3,(H,20,23)/t16-,17-/m0/s1. The number of nitro groups is 1. The third-order valence-corrected chi connectivity index (χ3v) is 6.05. The molecule has 0 aliphatic heterocycles. The number of rotatable bonds is 8. The van der Waals surface area contributed by atoms with E-state index in [9.17, 15) is 23.3 Å². The molecule has 1 aliphatic rings. The zero-order valence-electron chi connectivity index (χ0n) is 15.9. The van der Waals surface area contributed by atoms with Crippen LogP contribution in [0.1, 0.15) is 18.9 Å². The van der Waals surface area contributed by atoms with Gasteiger partial charge in [-0.05, 0) is 55.8 Å². The third kappa shape index (κ3) is 4.83. The number of hydrogen-bond acceptors (Lipinski definition) is 6. The van der Waals surface area contributed by atoms with E-state index in [4.69, 9.17) is 4.74 Å². The third-order valence-electron chi connectivity index (χ3n) is 4.53. The van der Waals surface area contributed by atoms with Crippen molar-refractivity contribution in [3.05, 3.63) is 58.1 Å². The molecule has 1 fully saturated rings. The SMILES string of the molecule is CCOc1ccc(NS(=O)(=O)c2cc(NC(=O)[C@H]3C[C@@H]3[N+](=O)[O-])ccc2C)cc1. The van der Waals surface area contributed by atoms with Crippen LogP contribution in [-0.2, 0) is 14.8 Å². The van der Waals surface area contributed by atoms with Crippen molar-refractivity contribution in [2.24, 2.45) is 5.92 Å². The Kier molecular flexibility index (Phi) is 5.73. The molecule has 0 heterocycles. The van der Waals surface area contributed by atoms with Gasteiger partial charge in [-0.3, -0.25) is 19.6 Å². The molecule has 1 amide bonds. The average Bonchev–Trinajstić information content (AvgIpc) is 3.46. The molecule has 2 N–H and O–H groups in total. The molecule has 10 heteroatoms. The summed E-state index contributed by atoms with van der Waals surface area (Å²) in [6, 6.07) is 10.1. The summed E-state index contributed by atoms with van der Waals surface area (Å²) in [6.45, 7) is 4.00. The molecule has 0 aromatic heterocycles. The van der Waals surface area contributed by atoms with E-state index in [1.54, 1.807) is 43.3 Å². The zero-order chi connectivity index (χ0) is 21.2. The van der Waals surface area contributed by atoms with Gasteiger partial charge in [-0.25, -0.2) is 8.42 Å². The predicted molar refractivity (Wildman–Crippen MR) is 107 cm³/mol. The van der Waals surface area contributed by atoms with E-state index in [-0.39, 0.29) is 17.0 Å². The van der Waals surface area contributed by atoms with Crippen molar-refractivity contribution in [3.63, 3.8) is 0 Å². The quantitative estimate of drug-likeness (QED) is 0.500. The van der Waals surface area contributed by atoms with E-state index in [2.05, 4.69) is 10.0 Å². The molecule has 3 rings (SSSR count). The van der Waals surface area contributed by atoms with Crippen molar-refractivity contribution in [3.8, 4) is 5.75 Å². The van der Waals surface area contributed by atoms with E-state index in [0.717, 1.165) is 0 Å². The molecule has 0 saturated heterocycles. The van der Waals surface area contributed by atoms with Crippen LogP contribution in [0.5, 0.6) is 5.75 Å². The van der Waals surface area contributed by atoms with E-state index < -0.39 is 32.8 Å². The number of hydrogen-bond donors (Lipinski definition) is 2. The fourth-order valence-corrected chi connectivity index (χ4v) is 4.23. The summed E-state index contributed by atoms with van der Waals surface area (Å²) in [5, 5.41) is 13.3. The first-order valence-corrected chi connectivity index (χ1v) is 10.5. The van der Waals surface area contributed by atoms with E-state index in [1.165, 1.54) is 6.07 Å². The lowest BCUT2D eigenvalue weighted by Crippen LogP contribution is -2.19.